The van der Waals surface area contributed by atoms with E-state index in [0.29, 0.717) is 29.7 Å². The lowest BCUT2D eigenvalue weighted by Gasteiger charge is -2.12. The van der Waals surface area contributed by atoms with Crippen LogP contribution in [0.25, 0.3) is 10.8 Å². The van der Waals surface area contributed by atoms with E-state index in [1.807, 2.05) is 0 Å². The second-order valence-corrected chi connectivity index (χ2v) is 6.71. The summed E-state index contributed by atoms with van der Waals surface area (Å²) in [4.78, 5) is 36.8. The van der Waals surface area contributed by atoms with E-state index in [-0.39, 0.29) is 17.2 Å². The Labute approximate surface area is 151 Å². The summed E-state index contributed by atoms with van der Waals surface area (Å²) < 4.78 is 1.25. The number of aromatic nitrogens is 2. The van der Waals surface area contributed by atoms with Gasteiger partial charge in [-0.25, -0.2) is 4.68 Å². The highest BCUT2D eigenvalue weighted by Crippen LogP contribution is 2.28. The summed E-state index contributed by atoms with van der Waals surface area (Å²) in [5, 5.41) is 5.05. The third kappa shape index (κ3) is 3.92. The van der Waals surface area contributed by atoms with Crippen LogP contribution in [0.15, 0.2) is 29.1 Å². The molecule has 1 fully saturated rings. The molecular formula is C19H24N4O3. The van der Waals surface area contributed by atoms with E-state index < -0.39 is 5.91 Å². The number of carbonyl (C=O) groups is 2. The van der Waals surface area contributed by atoms with Crippen LogP contribution in [-0.2, 0) is 11.3 Å². The van der Waals surface area contributed by atoms with Crippen molar-refractivity contribution in [3.8, 4) is 0 Å². The standard InChI is InChI=1S/C19H24N4O3/c1-2-23-19(26)15-10-6-5-9-14(15)17(22-23)18(25)21-20-16(24)12-11-13-7-3-4-8-13/h5-6,9-10,13H,2-4,7-8,11-12H2,1H3,(H,20,24)(H,21,25). The summed E-state index contributed by atoms with van der Waals surface area (Å²) in [6, 6.07) is 6.84. The lowest BCUT2D eigenvalue weighted by atomic mass is 10.0. The van der Waals surface area contributed by atoms with Crippen molar-refractivity contribution in [1.82, 2.24) is 20.6 Å². The van der Waals surface area contributed by atoms with Gasteiger partial charge < -0.3 is 0 Å². The molecule has 0 radical (unpaired) electrons. The number of rotatable bonds is 5. The summed E-state index contributed by atoms with van der Waals surface area (Å²) in [5.74, 6) is -0.119. The Kier molecular flexibility index (Phi) is 5.65. The van der Waals surface area contributed by atoms with Gasteiger partial charge in [0, 0.05) is 18.4 Å². The van der Waals surface area contributed by atoms with Crippen LogP contribution >= 0.6 is 0 Å². The normalized spacial score (nSPS) is 14.5. The smallest absolute Gasteiger partial charge is 0.273 e. The van der Waals surface area contributed by atoms with Gasteiger partial charge in [0.2, 0.25) is 5.91 Å². The number of carbonyl (C=O) groups excluding carboxylic acids is 2. The lowest BCUT2D eigenvalue weighted by molar-refractivity contribution is -0.122. The van der Waals surface area contributed by atoms with Gasteiger partial charge in [-0.2, -0.15) is 5.10 Å². The van der Waals surface area contributed by atoms with Crippen molar-refractivity contribution in [3.05, 3.63) is 40.3 Å². The van der Waals surface area contributed by atoms with E-state index in [2.05, 4.69) is 16.0 Å². The van der Waals surface area contributed by atoms with Gasteiger partial charge in [0.1, 0.15) is 0 Å². The maximum Gasteiger partial charge on any atom is 0.290 e. The zero-order valence-electron chi connectivity index (χ0n) is 15.0. The minimum absolute atomic E-state index is 0.123. The first-order valence-electron chi connectivity index (χ1n) is 9.19. The molecule has 0 spiro atoms. The minimum Gasteiger partial charge on any atom is -0.273 e. The number of hydrogen-bond acceptors (Lipinski definition) is 4. The molecule has 26 heavy (non-hydrogen) atoms. The van der Waals surface area contributed by atoms with Crippen LogP contribution < -0.4 is 16.4 Å². The molecule has 3 rings (SSSR count). The molecule has 1 aromatic carbocycles. The molecule has 2 amide bonds. The van der Waals surface area contributed by atoms with Crippen molar-refractivity contribution in [2.45, 2.75) is 52.0 Å². The Bertz CT molecular complexity index is 869. The van der Waals surface area contributed by atoms with Gasteiger partial charge in [-0.15, -0.1) is 0 Å². The molecule has 2 N–H and O–H groups in total. The maximum atomic E-state index is 12.5. The fourth-order valence-electron chi connectivity index (χ4n) is 3.50. The Hall–Kier alpha value is -2.70. The van der Waals surface area contributed by atoms with Gasteiger partial charge in [0.05, 0.1) is 5.39 Å². The van der Waals surface area contributed by atoms with Crippen LogP contribution in [0, 0.1) is 5.92 Å². The second-order valence-electron chi connectivity index (χ2n) is 6.71. The number of nitrogens with one attached hydrogen (secondary N) is 2. The first kappa shape index (κ1) is 18.1. The average molecular weight is 356 g/mol. The fraction of sp³-hybridized carbons (Fsp3) is 0.474. The van der Waals surface area contributed by atoms with Crippen molar-refractivity contribution in [2.75, 3.05) is 0 Å². The van der Waals surface area contributed by atoms with Crippen molar-refractivity contribution in [1.29, 1.82) is 0 Å². The number of fused-ring (bicyclic) bond motifs is 1. The molecule has 0 unspecified atom stereocenters. The molecule has 0 aliphatic heterocycles. The predicted molar refractivity (Wildman–Crippen MR) is 98.5 cm³/mol. The number of hydrazine groups is 1. The second kappa shape index (κ2) is 8.12. The molecule has 1 aromatic heterocycles. The zero-order chi connectivity index (χ0) is 18.5. The van der Waals surface area contributed by atoms with E-state index in [0.717, 1.165) is 6.42 Å². The van der Waals surface area contributed by atoms with Crippen LogP contribution in [0.2, 0.25) is 0 Å². The van der Waals surface area contributed by atoms with Gasteiger partial charge in [0.25, 0.3) is 11.5 Å². The van der Waals surface area contributed by atoms with Crippen LogP contribution in [0.4, 0.5) is 0 Å². The zero-order valence-corrected chi connectivity index (χ0v) is 15.0. The Morgan fingerprint density at radius 3 is 2.54 bits per heavy atom. The number of hydrogen-bond donors (Lipinski definition) is 2. The van der Waals surface area contributed by atoms with Crippen molar-refractivity contribution >= 4 is 22.6 Å². The number of aryl methyl sites for hydroxylation is 1. The SMILES string of the molecule is CCn1nc(C(=O)NNC(=O)CCC2CCCC2)c2ccccc2c1=O. The first-order chi connectivity index (χ1) is 12.6. The number of nitrogens with zero attached hydrogens (tertiary/aromatic N) is 2. The Balaban J connectivity index is 1.68. The van der Waals surface area contributed by atoms with Crippen molar-refractivity contribution in [2.24, 2.45) is 5.92 Å². The number of amides is 2. The van der Waals surface area contributed by atoms with E-state index in [4.69, 9.17) is 0 Å². The van der Waals surface area contributed by atoms with Gasteiger partial charge in [-0.1, -0.05) is 43.9 Å². The van der Waals surface area contributed by atoms with E-state index in [1.54, 1.807) is 31.2 Å². The Morgan fingerprint density at radius 1 is 1.15 bits per heavy atom. The molecule has 1 aliphatic carbocycles. The number of benzene rings is 1. The van der Waals surface area contributed by atoms with Gasteiger partial charge in [-0.3, -0.25) is 25.2 Å². The lowest BCUT2D eigenvalue weighted by Crippen LogP contribution is -2.42. The van der Waals surface area contributed by atoms with E-state index in [9.17, 15) is 14.4 Å². The summed E-state index contributed by atoms with van der Waals surface area (Å²) in [7, 11) is 0. The molecule has 7 heteroatoms. The molecule has 0 atom stereocenters. The van der Waals surface area contributed by atoms with Crippen LogP contribution in [0.5, 0.6) is 0 Å². The molecule has 2 aromatic rings. The van der Waals surface area contributed by atoms with Crippen LogP contribution in [-0.4, -0.2) is 21.6 Å². The molecule has 138 valence electrons. The molecule has 0 saturated heterocycles. The molecule has 1 aliphatic rings. The summed E-state index contributed by atoms with van der Waals surface area (Å²) in [6.45, 7) is 2.15. The highest BCUT2D eigenvalue weighted by molar-refractivity contribution is 6.05. The van der Waals surface area contributed by atoms with Crippen LogP contribution in [0.1, 0.15) is 55.9 Å². The summed E-state index contributed by atoms with van der Waals surface area (Å²) in [6.07, 6.45) is 6.11. The monoisotopic (exact) mass is 356 g/mol. The predicted octanol–water partition coefficient (Wildman–Crippen LogP) is 2.15. The van der Waals surface area contributed by atoms with Crippen molar-refractivity contribution < 1.29 is 9.59 Å². The fourth-order valence-corrected chi connectivity index (χ4v) is 3.50. The highest BCUT2D eigenvalue weighted by Gasteiger charge is 2.18. The maximum absolute atomic E-state index is 12.5. The third-order valence-corrected chi connectivity index (χ3v) is 4.95. The van der Waals surface area contributed by atoms with E-state index in [1.165, 1.54) is 30.4 Å². The molecule has 7 nitrogen and oxygen atoms in total. The van der Waals surface area contributed by atoms with Crippen LogP contribution in [0.3, 0.4) is 0 Å². The molecular weight excluding hydrogens is 332 g/mol. The quantitative estimate of drug-likeness (QED) is 0.803. The largest absolute Gasteiger partial charge is 0.290 e. The van der Waals surface area contributed by atoms with Gasteiger partial charge in [0.15, 0.2) is 5.69 Å². The van der Waals surface area contributed by atoms with Gasteiger partial charge in [-0.05, 0) is 25.3 Å². The average Bonchev–Trinajstić information content (AvgIpc) is 3.18. The highest BCUT2D eigenvalue weighted by atomic mass is 16.2. The first-order valence-corrected chi connectivity index (χ1v) is 9.19. The van der Waals surface area contributed by atoms with Crippen molar-refractivity contribution in [3.63, 3.8) is 0 Å². The minimum atomic E-state index is -0.530. The molecule has 1 saturated carbocycles. The molecule has 0 bridgehead atoms. The summed E-state index contributed by atoms with van der Waals surface area (Å²) >= 11 is 0. The third-order valence-electron chi connectivity index (χ3n) is 4.95. The van der Waals surface area contributed by atoms with E-state index >= 15 is 0 Å². The molecule has 1 heterocycles. The Morgan fingerprint density at radius 2 is 1.85 bits per heavy atom. The topological polar surface area (TPSA) is 93.1 Å². The van der Waals surface area contributed by atoms with Gasteiger partial charge >= 0.3 is 0 Å². The summed E-state index contributed by atoms with van der Waals surface area (Å²) in [5.41, 5.74) is 4.76.